The number of nitrogens with zero attached hydrogens (tertiary/aromatic N) is 1. The predicted molar refractivity (Wildman–Crippen MR) is 93.6 cm³/mol. The van der Waals surface area contributed by atoms with Crippen molar-refractivity contribution < 1.29 is 19.2 Å². The van der Waals surface area contributed by atoms with Gasteiger partial charge in [-0.2, -0.15) is 0 Å². The minimum Gasteiger partial charge on any atom is -0.477 e. The number of carbonyl (C=O) groups excluding carboxylic acids is 2. The summed E-state index contributed by atoms with van der Waals surface area (Å²) < 4.78 is 5.24. The molecule has 0 spiro atoms. The predicted octanol–water partition coefficient (Wildman–Crippen LogP) is 2.19. The number of ether oxygens (including phenoxy) is 1. The summed E-state index contributed by atoms with van der Waals surface area (Å²) >= 11 is 1.20. The number of amides is 2. The third kappa shape index (κ3) is 5.50. The zero-order chi connectivity index (χ0) is 18.2. The molecule has 0 saturated carbocycles. The molecule has 0 unspecified atom stereocenters. The third-order valence-corrected chi connectivity index (χ3v) is 4.05. The molecule has 2 aromatic rings. The molecule has 3 N–H and O–H groups in total. The first kappa shape index (κ1) is 18.3. The highest BCUT2D eigenvalue weighted by Crippen LogP contribution is 2.27. The number of hydrogen-bond acceptors (Lipinski definition) is 6. The smallest absolute Gasteiger partial charge is 0.310 e. The number of nitro groups is 1. The van der Waals surface area contributed by atoms with Crippen molar-refractivity contribution in [2.45, 2.75) is 4.90 Å². The number of benzene rings is 2. The first-order chi connectivity index (χ1) is 12.0. The van der Waals surface area contributed by atoms with E-state index in [0.29, 0.717) is 10.6 Å². The number of para-hydroxylation sites is 3. The van der Waals surface area contributed by atoms with Crippen LogP contribution in [0.3, 0.4) is 0 Å². The van der Waals surface area contributed by atoms with Gasteiger partial charge in [0.25, 0.3) is 5.91 Å². The van der Waals surface area contributed by atoms with Gasteiger partial charge in [-0.15, -0.1) is 11.8 Å². The van der Waals surface area contributed by atoms with Crippen molar-refractivity contribution in [2.24, 2.45) is 5.73 Å². The summed E-state index contributed by atoms with van der Waals surface area (Å²) in [7, 11) is 0. The van der Waals surface area contributed by atoms with Gasteiger partial charge >= 0.3 is 5.69 Å². The second-order valence-corrected chi connectivity index (χ2v) is 5.83. The maximum Gasteiger partial charge on any atom is 0.310 e. The first-order valence-electron chi connectivity index (χ1n) is 7.13. The maximum absolute atomic E-state index is 12.1. The van der Waals surface area contributed by atoms with E-state index in [4.69, 9.17) is 10.5 Å². The molecule has 0 bridgehead atoms. The van der Waals surface area contributed by atoms with Crippen LogP contribution in [-0.2, 0) is 9.59 Å². The van der Waals surface area contributed by atoms with E-state index in [2.05, 4.69) is 5.32 Å². The fourth-order valence-corrected chi connectivity index (χ4v) is 2.65. The summed E-state index contributed by atoms with van der Waals surface area (Å²) in [5.74, 6) is -0.852. The van der Waals surface area contributed by atoms with E-state index in [-0.39, 0.29) is 23.8 Å². The molecular formula is C16H15N3O5S. The van der Waals surface area contributed by atoms with Crippen molar-refractivity contribution in [3.63, 3.8) is 0 Å². The number of nitrogens with one attached hydrogen (secondary N) is 1. The van der Waals surface area contributed by atoms with E-state index in [1.165, 1.54) is 30.0 Å². The van der Waals surface area contributed by atoms with Gasteiger partial charge in [-0.25, -0.2) is 0 Å². The van der Waals surface area contributed by atoms with E-state index in [0.717, 1.165) is 0 Å². The van der Waals surface area contributed by atoms with Gasteiger partial charge in [0.2, 0.25) is 5.91 Å². The fourth-order valence-electron chi connectivity index (χ4n) is 1.90. The maximum atomic E-state index is 12.1. The molecule has 130 valence electrons. The summed E-state index contributed by atoms with van der Waals surface area (Å²) in [6, 6.07) is 12.7. The average molecular weight is 361 g/mol. The first-order valence-corrected chi connectivity index (χ1v) is 8.12. The fraction of sp³-hybridized carbons (Fsp3) is 0.125. The average Bonchev–Trinajstić information content (AvgIpc) is 2.59. The highest BCUT2D eigenvalue weighted by molar-refractivity contribution is 8.00. The van der Waals surface area contributed by atoms with Crippen LogP contribution < -0.4 is 15.8 Å². The molecule has 2 rings (SSSR count). The number of nitrogens with two attached hydrogens (primary N) is 1. The van der Waals surface area contributed by atoms with Crippen LogP contribution in [0.5, 0.6) is 5.75 Å². The van der Waals surface area contributed by atoms with Crippen molar-refractivity contribution in [3.8, 4) is 5.75 Å². The molecule has 0 heterocycles. The topological polar surface area (TPSA) is 125 Å². The second kappa shape index (κ2) is 8.69. The lowest BCUT2D eigenvalue weighted by Gasteiger charge is -2.11. The van der Waals surface area contributed by atoms with Crippen LogP contribution in [0.25, 0.3) is 0 Å². The summed E-state index contributed by atoms with van der Waals surface area (Å²) in [6.07, 6.45) is 0. The van der Waals surface area contributed by atoms with Crippen molar-refractivity contribution >= 4 is 35.0 Å². The van der Waals surface area contributed by atoms with Gasteiger partial charge in [-0.3, -0.25) is 19.7 Å². The van der Waals surface area contributed by atoms with Gasteiger partial charge in [0.05, 0.1) is 16.4 Å². The number of primary amides is 1. The van der Waals surface area contributed by atoms with Crippen LogP contribution in [0.15, 0.2) is 53.4 Å². The number of nitro benzene ring substituents is 1. The van der Waals surface area contributed by atoms with Crippen LogP contribution in [0.2, 0.25) is 0 Å². The van der Waals surface area contributed by atoms with Crippen LogP contribution in [0.1, 0.15) is 0 Å². The van der Waals surface area contributed by atoms with Gasteiger partial charge in [0.15, 0.2) is 12.4 Å². The molecule has 2 amide bonds. The Morgan fingerprint density at radius 3 is 2.56 bits per heavy atom. The standard InChI is InChI=1S/C16H15N3O5S/c17-15(20)10-25-14-8-4-1-5-11(14)18-16(21)9-24-13-7-3-2-6-12(13)19(22)23/h1-8H,9-10H2,(H2,17,20)(H,18,21). The van der Waals surface area contributed by atoms with Crippen LogP contribution in [0, 0.1) is 10.1 Å². The second-order valence-electron chi connectivity index (χ2n) is 4.81. The zero-order valence-electron chi connectivity index (χ0n) is 13.0. The van der Waals surface area contributed by atoms with Crippen molar-refractivity contribution in [3.05, 3.63) is 58.6 Å². The molecule has 0 atom stereocenters. The SMILES string of the molecule is NC(=O)CSc1ccccc1NC(=O)COc1ccccc1[N+](=O)[O-]. The molecule has 0 radical (unpaired) electrons. The lowest BCUT2D eigenvalue weighted by Crippen LogP contribution is -2.21. The van der Waals surface area contributed by atoms with Crippen molar-refractivity contribution in [1.29, 1.82) is 0 Å². The molecule has 0 saturated heterocycles. The lowest BCUT2D eigenvalue weighted by molar-refractivity contribution is -0.385. The molecule has 25 heavy (non-hydrogen) atoms. The van der Waals surface area contributed by atoms with Crippen LogP contribution in [-0.4, -0.2) is 29.1 Å². The number of thioether (sulfide) groups is 1. The molecular weight excluding hydrogens is 346 g/mol. The van der Waals surface area contributed by atoms with E-state index in [1.807, 2.05) is 0 Å². The van der Waals surface area contributed by atoms with Crippen molar-refractivity contribution in [2.75, 3.05) is 17.7 Å². The molecule has 9 heteroatoms. The van der Waals surface area contributed by atoms with Gasteiger partial charge in [0.1, 0.15) is 0 Å². The monoisotopic (exact) mass is 361 g/mol. The molecule has 0 aromatic heterocycles. The summed E-state index contributed by atoms with van der Waals surface area (Å²) in [5.41, 5.74) is 5.41. The number of hydrogen-bond donors (Lipinski definition) is 2. The number of carbonyl (C=O) groups is 2. The third-order valence-electron chi connectivity index (χ3n) is 2.95. The summed E-state index contributed by atoms with van der Waals surface area (Å²) in [4.78, 5) is 34.0. The quantitative estimate of drug-likeness (QED) is 0.422. The largest absolute Gasteiger partial charge is 0.477 e. The van der Waals surface area contributed by atoms with Gasteiger partial charge in [-0.1, -0.05) is 24.3 Å². The van der Waals surface area contributed by atoms with Gasteiger partial charge in [-0.05, 0) is 18.2 Å². The summed E-state index contributed by atoms with van der Waals surface area (Å²) in [5, 5.41) is 13.6. The number of anilines is 1. The molecule has 0 aliphatic rings. The molecule has 8 nitrogen and oxygen atoms in total. The minimum absolute atomic E-state index is 0.0130. The Bertz CT molecular complexity index is 797. The highest BCUT2D eigenvalue weighted by Gasteiger charge is 2.15. The van der Waals surface area contributed by atoms with E-state index in [9.17, 15) is 19.7 Å². The molecule has 0 fully saturated rings. The Kier molecular flexibility index (Phi) is 6.35. The molecule has 2 aromatic carbocycles. The van der Waals surface area contributed by atoms with Crippen molar-refractivity contribution in [1.82, 2.24) is 0 Å². The normalized spacial score (nSPS) is 10.1. The van der Waals surface area contributed by atoms with Gasteiger partial charge < -0.3 is 15.8 Å². The van der Waals surface area contributed by atoms with Crippen LogP contribution in [0.4, 0.5) is 11.4 Å². The zero-order valence-corrected chi connectivity index (χ0v) is 13.8. The Morgan fingerprint density at radius 1 is 1.16 bits per heavy atom. The van der Waals surface area contributed by atoms with E-state index >= 15 is 0 Å². The Labute approximate surface area is 147 Å². The van der Waals surface area contributed by atoms with E-state index in [1.54, 1.807) is 30.3 Å². The van der Waals surface area contributed by atoms with Gasteiger partial charge in [0, 0.05) is 11.0 Å². The van der Waals surface area contributed by atoms with Crippen LogP contribution >= 0.6 is 11.8 Å². The number of rotatable bonds is 8. The summed E-state index contributed by atoms with van der Waals surface area (Å²) in [6.45, 7) is -0.389. The van der Waals surface area contributed by atoms with E-state index < -0.39 is 16.7 Å². The Balaban J connectivity index is 1.99. The Morgan fingerprint density at radius 2 is 1.84 bits per heavy atom. The highest BCUT2D eigenvalue weighted by atomic mass is 32.2. The lowest BCUT2D eigenvalue weighted by atomic mass is 10.3. The molecule has 0 aliphatic carbocycles. The molecule has 0 aliphatic heterocycles. The Hall–Kier alpha value is -3.07. The minimum atomic E-state index is -0.580.